The Bertz CT molecular complexity index is 431. The molecule has 2 N–H and O–H groups in total. The first-order valence-corrected chi connectivity index (χ1v) is 7.11. The van der Waals surface area contributed by atoms with Crippen molar-refractivity contribution < 1.29 is 8.42 Å². The maximum absolute atomic E-state index is 11.9. The normalized spacial score (nSPS) is 13.6. The first-order valence-electron chi connectivity index (χ1n) is 5.57. The maximum atomic E-state index is 11.9. The summed E-state index contributed by atoms with van der Waals surface area (Å²) < 4.78 is 26.4. The van der Waals surface area contributed by atoms with E-state index in [9.17, 15) is 8.42 Å². The fourth-order valence-electron chi connectivity index (χ4n) is 1.20. The molecule has 0 amide bonds. The predicted molar refractivity (Wildman–Crippen MR) is 69.4 cm³/mol. The Morgan fingerprint density at radius 3 is 2.59 bits per heavy atom. The number of nitrogens with one attached hydrogen (secondary N) is 2. The fraction of sp³-hybridized carbons (Fsp3) is 0.545. The zero-order valence-electron chi connectivity index (χ0n) is 10.3. The maximum Gasteiger partial charge on any atom is 0.236 e. The van der Waals surface area contributed by atoms with Crippen molar-refractivity contribution in [1.82, 2.24) is 10.3 Å². The summed E-state index contributed by atoms with van der Waals surface area (Å²) in [6.07, 6.45) is 3.09. The molecule has 5 nitrogen and oxygen atoms in total. The van der Waals surface area contributed by atoms with Gasteiger partial charge in [-0.05, 0) is 19.1 Å². The van der Waals surface area contributed by atoms with Gasteiger partial charge in [-0.2, -0.15) is 0 Å². The third-order valence-electron chi connectivity index (χ3n) is 2.26. The van der Waals surface area contributed by atoms with Crippen molar-refractivity contribution in [2.24, 2.45) is 0 Å². The van der Waals surface area contributed by atoms with Crippen LogP contribution in [-0.4, -0.2) is 31.2 Å². The number of pyridine rings is 1. The fourth-order valence-corrected chi connectivity index (χ4v) is 2.17. The lowest BCUT2D eigenvalue weighted by atomic mass is 10.3. The van der Waals surface area contributed by atoms with Gasteiger partial charge in [-0.15, -0.1) is 0 Å². The van der Waals surface area contributed by atoms with Gasteiger partial charge in [-0.3, -0.25) is 9.71 Å². The van der Waals surface area contributed by atoms with E-state index in [1.165, 1.54) is 6.20 Å². The highest BCUT2D eigenvalue weighted by Crippen LogP contribution is 2.09. The third-order valence-corrected chi connectivity index (χ3v) is 4.01. The monoisotopic (exact) mass is 257 g/mol. The van der Waals surface area contributed by atoms with Gasteiger partial charge in [0.05, 0.1) is 17.1 Å². The van der Waals surface area contributed by atoms with Gasteiger partial charge >= 0.3 is 0 Å². The molecule has 0 bridgehead atoms. The van der Waals surface area contributed by atoms with E-state index in [-0.39, 0.29) is 6.04 Å². The largest absolute Gasteiger partial charge is 0.313 e. The van der Waals surface area contributed by atoms with E-state index in [2.05, 4.69) is 15.0 Å². The van der Waals surface area contributed by atoms with Crippen molar-refractivity contribution in [3.63, 3.8) is 0 Å². The van der Waals surface area contributed by atoms with Crippen molar-refractivity contribution in [2.45, 2.75) is 32.1 Å². The van der Waals surface area contributed by atoms with E-state index >= 15 is 0 Å². The van der Waals surface area contributed by atoms with Gasteiger partial charge in [0.2, 0.25) is 10.0 Å². The molecule has 0 aliphatic rings. The predicted octanol–water partition coefficient (Wildman–Crippen LogP) is 1.21. The topological polar surface area (TPSA) is 71.1 Å². The Kier molecular flexibility index (Phi) is 4.89. The standard InChI is InChI=1S/C11H19N3O2S/c1-9(2)13-7-10(3)17(15,16)14-11-5-4-6-12-8-11/h4-6,8-10,13-14H,7H2,1-3H3. The lowest BCUT2D eigenvalue weighted by molar-refractivity contribution is 0.553. The molecule has 0 aromatic carbocycles. The van der Waals surface area contributed by atoms with Crippen molar-refractivity contribution in [3.05, 3.63) is 24.5 Å². The molecule has 17 heavy (non-hydrogen) atoms. The lowest BCUT2D eigenvalue weighted by Gasteiger charge is -2.16. The van der Waals surface area contributed by atoms with E-state index < -0.39 is 15.3 Å². The Morgan fingerprint density at radius 2 is 2.06 bits per heavy atom. The Balaban J connectivity index is 2.62. The van der Waals surface area contributed by atoms with E-state index in [1.54, 1.807) is 25.3 Å². The van der Waals surface area contributed by atoms with Gasteiger partial charge in [0.25, 0.3) is 0 Å². The molecule has 1 heterocycles. The minimum atomic E-state index is -3.36. The van der Waals surface area contributed by atoms with E-state index in [0.717, 1.165) is 0 Å². The number of anilines is 1. The van der Waals surface area contributed by atoms with Crippen LogP contribution in [0, 0.1) is 0 Å². The Morgan fingerprint density at radius 1 is 1.35 bits per heavy atom. The second-order valence-corrected chi connectivity index (χ2v) is 6.36. The summed E-state index contributed by atoms with van der Waals surface area (Å²) in [7, 11) is -3.36. The lowest BCUT2D eigenvalue weighted by Crippen LogP contribution is -2.37. The summed E-state index contributed by atoms with van der Waals surface area (Å²) in [5.41, 5.74) is 0.490. The van der Waals surface area contributed by atoms with Crippen molar-refractivity contribution in [2.75, 3.05) is 11.3 Å². The summed E-state index contributed by atoms with van der Waals surface area (Å²) in [6.45, 7) is 6.06. The quantitative estimate of drug-likeness (QED) is 0.803. The van der Waals surface area contributed by atoms with Crippen LogP contribution in [0.4, 0.5) is 5.69 Å². The molecule has 1 atom stereocenters. The Hall–Kier alpha value is -1.14. The minimum Gasteiger partial charge on any atom is -0.313 e. The van der Waals surface area contributed by atoms with Gasteiger partial charge in [-0.25, -0.2) is 8.42 Å². The van der Waals surface area contributed by atoms with Crippen LogP contribution in [0.25, 0.3) is 0 Å². The molecule has 1 aromatic heterocycles. The molecule has 0 spiro atoms. The summed E-state index contributed by atoms with van der Waals surface area (Å²) in [6, 6.07) is 3.63. The molecular formula is C11H19N3O2S. The molecule has 1 aromatic rings. The van der Waals surface area contributed by atoms with Crippen molar-refractivity contribution >= 4 is 15.7 Å². The Labute approximate surface area is 103 Å². The third kappa shape index (κ3) is 4.70. The first-order chi connectivity index (χ1) is 7.92. The summed E-state index contributed by atoms with van der Waals surface area (Å²) in [4.78, 5) is 3.86. The van der Waals surface area contributed by atoms with Crippen LogP contribution < -0.4 is 10.0 Å². The number of hydrogen-bond acceptors (Lipinski definition) is 4. The van der Waals surface area contributed by atoms with E-state index in [0.29, 0.717) is 12.2 Å². The second kappa shape index (κ2) is 5.97. The molecule has 96 valence electrons. The molecule has 0 fully saturated rings. The summed E-state index contributed by atoms with van der Waals surface area (Å²) in [5.74, 6) is 0. The van der Waals surface area contributed by atoms with Gasteiger partial charge < -0.3 is 5.32 Å². The molecular weight excluding hydrogens is 238 g/mol. The molecule has 1 rings (SSSR count). The van der Waals surface area contributed by atoms with Crippen LogP contribution in [0.2, 0.25) is 0 Å². The zero-order chi connectivity index (χ0) is 12.9. The number of hydrogen-bond donors (Lipinski definition) is 2. The highest BCUT2D eigenvalue weighted by molar-refractivity contribution is 7.93. The van der Waals surface area contributed by atoms with Gasteiger partial charge in [-0.1, -0.05) is 13.8 Å². The van der Waals surface area contributed by atoms with Crippen LogP contribution in [0.3, 0.4) is 0 Å². The molecule has 0 saturated heterocycles. The SMILES string of the molecule is CC(C)NCC(C)S(=O)(=O)Nc1cccnc1. The zero-order valence-corrected chi connectivity index (χ0v) is 11.2. The van der Waals surface area contributed by atoms with Gasteiger partial charge in [0.15, 0.2) is 0 Å². The summed E-state index contributed by atoms with van der Waals surface area (Å²) >= 11 is 0. The molecule has 0 aliphatic heterocycles. The van der Waals surface area contributed by atoms with Crippen LogP contribution in [-0.2, 0) is 10.0 Å². The van der Waals surface area contributed by atoms with E-state index in [4.69, 9.17) is 0 Å². The van der Waals surface area contributed by atoms with Crippen molar-refractivity contribution in [3.8, 4) is 0 Å². The average molecular weight is 257 g/mol. The van der Waals surface area contributed by atoms with Gasteiger partial charge in [0, 0.05) is 18.8 Å². The van der Waals surface area contributed by atoms with Gasteiger partial charge in [0.1, 0.15) is 0 Å². The highest BCUT2D eigenvalue weighted by atomic mass is 32.2. The van der Waals surface area contributed by atoms with Crippen LogP contribution in [0.1, 0.15) is 20.8 Å². The number of aromatic nitrogens is 1. The van der Waals surface area contributed by atoms with E-state index in [1.807, 2.05) is 13.8 Å². The minimum absolute atomic E-state index is 0.269. The second-order valence-electron chi connectivity index (χ2n) is 4.26. The van der Waals surface area contributed by atoms with Crippen LogP contribution >= 0.6 is 0 Å². The molecule has 0 saturated carbocycles. The average Bonchev–Trinajstić information content (AvgIpc) is 2.26. The van der Waals surface area contributed by atoms with Crippen LogP contribution in [0.15, 0.2) is 24.5 Å². The first kappa shape index (κ1) is 13.9. The highest BCUT2D eigenvalue weighted by Gasteiger charge is 2.20. The molecule has 6 heteroatoms. The summed E-state index contributed by atoms with van der Waals surface area (Å²) in [5, 5.41) is 2.61. The smallest absolute Gasteiger partial charge is 0.236 e. The molecule has 1 unspecified atom stereocenters. The number of nitrogens with zero attached hydrogens (tertiary/aromatic N) is 1. The number of sulfonamides is 1. The van der Waals surface area contributed by atoms with Crippen molar-refractivity contribution in [1.29, 1.82) is 0 Å². The molecule has 0 radical (unpaired) electrons. The molecule has 0 aliphatic carbocycles. The van der Waals surface area contributed by atoms with Crippen LogP contribution in [0.5, 0.6) is 0 Å². The number of rotatable bonds is 6.